The highest BCUT2D eigenvalue weighted by atomic mass is 35.5. The SMILES string of the molecule is CCCC[C@H](CC)CNC(=O)C1CCN(S(=O)(=O)Cc2cccc(Cl)c2)CC1. The highest BCUT2D eigenvalue weighted by Crippen LogP contribution is 2.23. The van der Waals surface area contributed by atoms with Gasteiger partial charge in [-0.2, -0.15) is 0 Å². The number of nitrogens with one attached hydrogen (secondary N) is 1. The lowest BCUT2D eigenvalue weighted by molar-refractivity contribution is -0.126. The number of amides is 1. The van der Waals surface area contributed by atoms with Crippen LogP contribution >= 0.6 is 11.6 Å². The zero-order valence-corrected chi connectivity index (χ0v) is 18.6. The molecule has 0 unspecified atom stereocenters. The van der Waals surface area contributed by atoms with Crippen molar-refractivity contribution in [2.45, 2.75) is 58.1 Å². The Morgan fingerprint density at radius 3 is 2.61 bits per heavy atom. The number of unbranched alkanes of at least 4 members (excludes halogenated alkanes) is 1. The van der Waals surface area contributed by atoms with Gasteiger partial charge in [0, 0.05) is 30.6 Å². The Bertz CT molecular complexity index is 731. The molecule has 0 radical (unpaired) electrons. The van der Waals surface area contributed by atoms with E-state index in [0.29, 0.717) is 42.4 Å². The van der Waals surface area contributed by atoms with Crippen LogP contribution in [0.3, 0.4) is 0 Å². The van der Waals surface area contributed by atoms with Crippen LogP contribution in [0.2, 0.25) is 5.02 Å². The minimum atomic E-state index is -3.40. The van der Waals surface area contributed by atoms with E-state index in [1.807, 2.05) is 0 Å². The lowest BCUT2D eigenvalue weighted by atomic mass is 9.95. The molecule has 1 heterocycles. The Labute approximate surface area is 174 Å². The summed E-state index contributed by atoms with van der Waals surface area (Å²) >= 11 is 5.95. The van der Waals surface area contributed by atoms with Crippen LogP contribution in [0.15, 0.2) is 24.3 Å². The molecule has 2 rings (SSSR count). The Balaban J connectivity index is 1.81. The van der Waals surface area contributed by atoms with Gasteiger partial charge >= 0.3 is 0 Å². The van der Waals surface area contributed by atoms with Crippen molar-refractivity contribution in [3.05, 3.63) is 34.9 Å². The molecule has 158 valence electrons. The molecule has 0 spiro atoms. The van der Waals surface area contributed by atoms with E-state index in [-0.39, 0.29) is 17.6 Å². The summed E-state index contributed by atoms with van der Waals surface area (Å²) in [4.78, 5) is 12.5. The summed E-state index contributed by atoms with van der Waals surface area (Å²) in [5.41, 5.74) is 0.685. The Hall–Kier alpha value is -1.11. The van der Waals surface area contributed by atoms with Gasteiger partial charge in [0.15, 0.2) is 0 Å². The Morgan fingerprint density at radius 1 is 1.29 bits per heavy atom. The van der Waals surface area contributed by atoms with Crippen molar-refractivity contribution in [1.29, 1.82) is 0 Å². The van der Waals surface area contributed by atoms with E-state index >= 15 is 0 Å². The zero-order valence-electron chi connectivity index (χ0n) is 17.0. The summed E-state index contributed by atoms with van der Waals surface area (Å²) in [6.07, 6.45) is 5.73. The molecule has 7 heteroatoms. The van der Waals surface area contributed by atoms with Crippen LogP contribution < -0.4 is 5.32 Å². The van der Waals surface area contributed by atoms with Crippen molar-refractivity contribution >= 4 is 27.5 Å². The summed E-state index contributed by atoms with van der Waals surface area (Å²) in [6, 6.07) is 6.94. The number of sulfonamides is 1. The van der Waals surface area contributed by atoms with Gasteiger partial charge in [-0.25, -0.2) is 12.7 Å². The monoisotopic (exact) mass is 428 g/mol. The first-order valence-electron chi connectivity index (χ1n) is 10.4. The van der Waals surface area contributed by atoms with Crippen molar-refractivity contribution in [3.63, 3.8) is 0 Å². The van der Waals surface area contributed by atoms with Crippen molar-refractivity contribution in [2.75, 3.05) is 19.6 Å². The van der Waals surface area contributed by atoms with Crippen molar-refractivity contribution in [2.24, 2.45) is 11.8 Å². The number of hydrogen-bond donors (Lipinski definition) is 1. The van der Waals surface area contributed by atoms with E-state index in [1.54, 1.807) is 24.3 Å². The maximum Gasteiger partial charge on any atom is 0.223 e. The molecule has 0 aliphatic carbocycles. The number of carbonyl (C=O) groups is 1. The number of piperidine rings is 1. The maximum atomic E-state index is 12.7. The lowest BCUT2D eigenvalue weighted by Crippen LogP contribution is -2.44. The minimum absolute atomic E-state index is 0.0555. The Morgan fingerprint density at radius 2 is 2.00 bits per heavy atom. The standard InChI is InChI=1S/C21H33ClN2O3S/c1-3-5-7-17(4-2)15-23-21(25)19-10-12-24(13-11-19)28(26,27)16-18-8-6-9-20(22)14-18/h6,8-9,14,17,19H,3-5,7,10-13,15-16H2,1-2H3,(H,23,25)/t17-/m0/s1. The van der Waals surface area contributed by atoms with Gasteiger partial charge in [0.2, 0.25) is 15.9 Å². The van der Waals surface area contributed by atoms with Crippen LogP contribution in [-0.2, 0) is 20.6 Å². The van der Waals surface area contributed by atoms with Crippen LogP contribution in [0.4, 0.5) is 0 Å². The molecule has 1 aliphatic rings. The number of benzene rings is 1. The molecule has 1 aromatic carbocycles. The van der Waals surface area contributed by atoms with E-state index in [0.717, 1.165) is 19.4 Å². The van der Waals surface area contributed by atoms with Crippen LogP contribution in [0.25, 0.3) is 0 Å². The van der Waals surface area contributed by atoms with Gasteiger partial charge in [-0.1, -0.05) is 56.8 Å². The highest BCUT2D eigenvalue weighted by Gasteiger charge is 2.31. The summed E-state index contributed by atoms with van der Waals surface area (Å²) in [7, 11) is -3.40. The molecular formula is C21H33ClN2O3S. The first-order valence-corrected chi connectivity index (χ1v) is 12.3. The summed E-state index contributed by atoms with van der Waals surface area (Å²) in [5, 5.41) is 3.62. The molecule has 1 saturated heterocycles. The smallest absolute Gasteiger partial charge is 0.223 e. The van der Waals surface area contributed by atoms with Crippen molar-refractivity contribution in [1.82, 2.24) is 9.62 Å². The van der Waals surface area contributed by atoms with E-state index in [1.165, 1.54) is 17.1 Å². The average molecular weight is 429 g/mol. The lowest BCUT2D eigenvalue weighted by Gasteiger charge is -2.31. The normalized spacial score (nSPS) is 17.4. The van der Waals surface area contributed by atoms with Crippen molar-refractivity contribution in [3.8, 4) is 0 Å². The molecule has 1 N–H and O–H groups in total. The molecule has 1 aromatic rings. The topological polar surface area (TPSA) is 66.5 Å². The second-order valence-corrected chi connectivity index (χ2v) is 10.1. The van der Waals surface area contributed by atoms with Crippen LogP contribution in [0.1, 0.15) is 57.9 Å². The van der Waals surface area contributed by atoms with E-state index in [4.69, 9.17) is 11.6 Å². The molecule has 0 saturated carbocycles. The molecule has 1 fully saturated rings. The maximum absolute atomic E-state index is 12.7. The fraction of sp³-hybridized carbons (Fsp3) is 0.667. The van der Waals surface area contributed by atoms with Gasteiger partial charge < -0.3 is 5.32 Å². The van der Waals surface area contributed by atoms with E-state index in [9.17, 15) is 13.2 Å². The van der Waals surface area contributed by atoms with Gasteiger partial charge in [-0.3, -0.25) is 4.79 Å². The van der Waals surface area contributed by atoms with Gasteiger partial charge in [0.1, 0.15) is 0 Å². The summed E-state index contributed by atoms with van der Waals surface area (Å²) in [6.45, 7) is 5.86. The van der Waals surface area contributed by atoms with E-state index in [2.05, 4.69) is 19.2 Å². The molecule has 28 heavy (non-hydrogen) atoms. The molecule has 0 bridgehead atoms. The third kappa shape index (κ3) is 7.05. The van der Waals surface area contributed by atoms with E-state index < -0.39 is 10.0 Å². The first kappa shape index (κ1) is 23.2. The number of nitrogens with zero attached hydrogens (tertiary/aromatic N) is 1. The number of hydrogen-bond acceptors (Lipinski definition) is 3. The average Bonchev–Trinajstić information content (AvgIpc) is 2.67. The predicted molar refractivity (Wildman–Crippen MR) is 115 cm³/mol. The fourth-order valence-electron chi connectivity index (χ4n) is 3.66. The quantitative estimate of drug-likeness (QED) is 0.606. The summed E-state index contributed by atoms with van der Waals surface area (Å²) in [5.74, 6) is 0.449. The van der Waals surface area contributed by atoms with Crippen LogP contribution in [-0.4, -0.2) is 38.3 Å². The molecule has 1 aliphatic heterocycles. The van der Waals surface area contributed by atoms with Gasteiger partial charge in [-0.15, -0.1) is 0 Å². The predicted octanol–water partition coefficient (Wildman–Crippen LogP) is 4.21. The number of carbonyl (C=O) groups excluding carboxylic acids is 1. The first-order chi connectivity index (χ1) is 13.4. The molecule has 5 nitrogen and oxygen atoms in total. The van der Waals surface area contributed by atoms with Gasteiger partial charge in [0.05, 0.1) is 5.75 Å². The molecule has 1 amide bonds. The van der Waals surface area contributed by atoms with Crippen molar-refractivity contribution < 1.29 is 13.2 Å². The Kier molecular flexibility index (Phi) is 9.25. The van der Waals surface area contributed by atoms with Gasteiger partial charge in [0.25, 0.3) is 0 Å². The zero-order chi connectivity index (χ0) is 20.6. The van der Waals surface area contributed by atoms with Crippen LogP contribution in [0.5, 0.6) is 0 Å². The van der Waals surface area contributed by atoms with Gasteiger partial charge in [-0.05, 0) is 42.9 Å². The van der Waals surface area contributed by atoms with Crippen LogP contribution in [0, 0.1) is 11.8 Å². The third-order valence-electron chi connectivity index (χ3n) is 5.56. The number of halogens is 1. The molecule has 1 atom stereocenters. The number of rotatable bonds is 10. The highest BCUT2D eigenvalue weighted by molar-refractivity contribution is 7.88. The molecular weight excluding hydrogens is 396 g/mol. The second kappa shape index (κ2) is 11.2. The molecule has 0 aromatic heterocycles. The fourth-order valence-corrected chi connectivity index (χ4v) is 5.42. The second-order valence-electron chi connectivity index (χ2n) is 7.72. The summed E-state index contributed by atoms with van der Waals surface area (Å²) < 4.78 is 26.9. The minimum Gasteiger partial charge on any atom is -0.356 e. The largest absolute Gasteiger partial charge is 0.356 e. The third-order valence-corrected chi connectivity index (χ3v) is 7.65.